The number of piperazine rings is 1. The molecule has 104 valence electrons. The van der Waals surface area contributed by atoms with E-state index in [4.69, 9.17) is 0 Å². The van der Waals surface area contributed by atoms with Gasteiger partial charge in [0.05, 0.1) is 5.56 Å². The summed E-state index contributed by atoms with van der Waals surface area (Å²) in [6.45, 7) is 6.77. The van der Waals surface area contributed by atoms with Crippen LogP contribution < -0.4 is 10.2 Å². The van der Waals surface area contributed by atoms with Crippen LogP contribution in [0.4, 0.5) is 5.69 Å². The molecule has 0 bridgehead atoms. The molecule has 1 fully saturated rings. The summed E-state index contributed by atoms with van der Waals surface area (Å²) in [5.74, 6) is 0.121. The molecule has 1 amide bonds. The Balaban J connectivity index is 2.22. The molecule has 19 heavy (non-hydrogen) atoms. The van der Waals surface area contributed by atoms with E-state index in [1.807, 2.05) is 25.2 Å². The van der Waals surface area contributed by atoms with Crippen molar-refractivity contribution in [1.82, 2.24) is 10.2 Å². The van der Waals surface area contributed by atoms with E-state index in [0.717, 1.165) is 50.4 Å². The van der Waals surface area contributed by atoms with Crippen LogP contribution in [0.1, 0.15) is 23.7 Å². The quantitative estimate of drug-likeness (QED) is 0.894. The first-order chi connectivity index (χ1) is 9.24. The standard InChI is InChI=1S/C15H23N3O/c1-3-10-17(2)15(19)13-6-4-5-7-14(13)18-11-8-16-9-12-18/h4-7,16H,3,8-12H2,1-2H3. The van der Waals surface area contributed by atoms with Gasteiger partial charge in [0, 0.05) is 45.5 Å². The number of carbonyl (C=O) groups excluding carboxylic acids is 1. The van der Waals surface area contributed by atoms with Crippen molar-refractivity contribution in [2.24, 2.45) is 0 Å². The van der Waals surface area contributed by atoms with Crippen molar-refractivity contribution in [3.63, 3.8) is 0 Å². The summed E-state index contributed by atoms with van der Waals surface area (Å²) < 4.78 is 0. The van der Waals surface area contributed by atoms with Gasteiger partial charge in [0.1, 0.15) is 0 Å². The van der Waals surface area contributed by atoms with E-state index in [0.29, 0.717) is 0 Å². The van der Waals surface area contributed by atoms with Crippen LogP contribution in [0.15, 0.2) is 24.3 Å². The van der Waals surface area contributed by atoms with Crippen LogP contribution in [-0.4, -0.2) is 50.6 Å². The summed E-state index contributed by atoms with van der Waals surface area (Å²) in [6, 6.07) is 7.94. The second kappa shape index (κ2) is 6.57. The number of para-hydroxylation sites is 1. The average Bonchev–Trinajstić information content (AvgIpc) is 2.47. The first-order valence-electron chi connectivity index (χ1n) is 7.04. The lowest BCUT2D eigenvalue weighted by Gasteiger charge is -2.31. The second-order valence-electron chi connectivity index (χ2n) is 4.98. The van der Waals surface area contributed by atoms with E-state index in [-0.39, 0.29) is 5.91 Å². The minimum atomic E-state index is 0.121. The van der Waals surface area contributed by atoms with Gasteiger partial charge < -0.3 is 15.1 Å². The molecule has 1 saturated heterocycles. The Bertz CT molecular complexity index is 427. The molecule has 4 heteroatoms. The number of amides is 1. The number of benzene rings is 1. The lowest BCUT2D eigenvalue weighted by molar-refractivity contribution is 0.0795. The van der Waals surface area contributed by atoms with Crippen LogP contribution in [0.5, 0.6) is 0 Å². The zero-order chi connectivity index (χ0) is 13.7. The molecule has 2 rings (SSSR count). The van der Waals surface area contributed by atoms with Gasteiger partial charge in [0.15, 0.2) is 0 Å². The van der Waals surface area contributed by atoms with Crippen molar-refractivity contribution < 1.29 is 4.79 Å². The van der Waals surface area contributed by atoms with Crippen molar-refractivity contribution in [3.8, 4) is 0 Å². The van der Waals surface area contributed by atoms with Gasteiger partial charge in [-0.25, -0.2) is 0 Å². The molecule has 1 heterocycles. The molecule has 0 spiro atoms. The number of carbonyl (C=O) groups is 1. The van der Waals surface area contributed by atoms with Crippen molar-refractivity contribution >= 4 is 11.6 Å². The fraction of sp³-hybridized carbons (Fsp3) is 0.533. The van der Waals surface area contributed by atoms with Gasteiger partial charge in [-0.2, -0.15) is 0 Å². The highest BCUT2D eigenvalue weighted by atomic mass is 16.2. The Morgan fingerprint density at radius 1 is 1.32 bits per heavy atom. The Labute approximate surface area is 115 Å². The smallest absolute Gasteiger partial charge is 0.255 e. The first kappa shape index (κ1) is 13.9. The summed E-state index contributed by atoms with van der Waals surface area (Å²) in [5, 5.41) is 3.34. The molecule has 0 saturated carbocycles. The Kier molecular flexibility index (Phi) is 4.80. The molecule has 0 atom stereocenters. The minimum Gasteiger partial charge on any atom is -0.368 e. The molecular weight excluding hydrogens is 238 g/mol. The predicted molar refractivity (Wildman–Crippen MR) is 78.8 cm³/mol. The molecule has 1 aliphatic rings. The van der Waals surface area contributed by atoms with Gasteiger partial charge >= 0.3 is 0 Å². The van der Waals surface area contributed by atoms with E-state index in [1.54, 1.807) is 4.90 Å². The summed E-state index contributed by atoms with van der Waals surface area (Å²) in [6.07, 6.45) is 0.984. The molecule has 1 N–H and O–H groups in total. The van der Waals surface area contributed by atoms with Crippen LogP contribution in [0.3, 0.4) is 0 Å². The lowest BCUT2D eigenvalue weighted by Crippen LogP contribution is -2.44. The fourth-order valence-electron chi connectivity index (χ4n) is 2.48. The normalized spacial score (nSPS) is 15.4. The van der Waals surface area contributed by atoms with Crippen molar-refractivity contribution in [3.05, 3.63) is 29.8 Å². The average molecular weight is 261 g/mol. The van der Waals surface area contributed by atoms with Gasteiger partial charge in [-0.15, -0.1) is 0 Å². The Morgan fingerprint density at radius 3 is 2.68 bits per heavy atom. The highest BCUT2D eigenvalue weighted by Crippen LogP contribution is 2.22. The van der Waals surface area contributed by atoms with E-state index < -0.39 is 0 Å². The third-order valence-corrected chi connectivity index (χ3v) is 3.50. The monoisotopic (exact) mass is 261 g/mol. The number of rotatable bonds is 4. The molecule has 0 aliphatic carbocycles. The first-order valence-corrected chi connectivity index (χ1v) is 7.04. The molecule has 1 aromatic rings. The zero-order valence-electron chi connectivity index (χ0n) is 11.9. The lowest BCUT2D eigenvalue weighted by atomic mass is 10.1. The van der Waals surface area contributed by atoms with E-state index >= 15 is 0 Å². The molecule has 1 aromatic carbocycles. The van der Waals surface area contributed by atoms with E-state index in [1.165, 1.54) is 0 Å². The van der Waals surface area contributed by atoms with E-state index in [9.17, 15) is 4.79 Å². The molecule has 1 aliphatic heterocycles. The van der Waals surface area contributed by atoms with E-state index in [2.05, 4.69) is 23.2 Å². The molecule has 0 radical (unpaired) electrons. The van der Waals surface area contributed by atoms with Gasteiger partial charge in [0.25, 0.3) is 5.91 Å². The Morgan fingerprint density at radius 2 is 2.00 bits per heavy atom. The van der Waals surface area contributed by atoms with Gasteiger partial charge in [-0.1, -0.05) is 19.1 Å². The summed E-state index contributed by atoms with van der Waals surface area (Å²) >= 11 is 0. The summed E-state index contributed by atoms with van der Waals surface area (Å²) in [4.78, 5) is 16.6. The molecule has 4 nitrogen and oxygen atoms in total. The predicted octanol–water partition coefficient (Wildman–Crippen LogP) is 1.58. The van der Waals surface area contributed by atoms with Crippen molar-refractivity contribution in [2.45, 2.75) is 13.3 Å². The van der Waals surface area contributed by atoms with Crippen LogP contribution >= 0.6 is 0 Å². The van der Waals surface area contributed by atoms with Crippen LogP contribution in [0, 0.1) is 0 Å². The Hall–Kier alpha value is -1.55. The number of anilines is 1. The third kappa shape index (κ3) is 3.26. The zero-order valence-corrected chi connectivity index (χ0v) is 11.9. The molecule has 0 aromatic heterocycles. The van der Waals surface area contributed by atoms with Crippen LogP contribution in [0.25, 0.3) is 0 Å². The number of nitrogens with one attached hydrogen (secondary N) is 1. The third-order valence-electron chi connectivity index (χ3n) is 3.50. The highest BCUT2D eigenvalue weighted by molar-refractivity contribution is 5.99. The topological polar surface area (TPSA) is 35.6 Å². The van der Waals surface area contributed by atoms with Gasteiger partial charge in [-0.05, 0) is 18.6 Å². The fourth-order valence-corrected chi connectivity index (χ4v) is 2.48. The number of hydrogen-bond acceptors (Lipinski definition) is 3. The van der Waals surface area contributed by atoms with Gasteiger partial charge in [-0.3, -0.25) is 4.79 Å². The van der Waals surface area contributed by atoms with Crippen molar-refractivity contribution in [2.75, 3.05) is 44.7 Å². The minimum absolute atomic E-state index is 0.121. The van der Waals surface area contributed by atoms with Gasteiger partial charge in [0.2, 0.25) is 0 Å². The largest absolute Gasteiger partial charge is 0.368 e. The van der Waals surface area contributed by atoms with Crippen LogP contribution in [-0.2, 0) is 0 Å². The number of hydrogen-bond donors (Lipinski definition) is 1. The molecule has 0 unspecified atom stereocenters. The molecular formula is C15H23N3O. The second-order valence-corrected chi connectivity index (χ2v) is 4.98. The maximum absolute atomic E-state index is 12.5. The summed E-state index contributed by atoms with van der Waals surface area (Å²) in [7, 11) is 1.88. The number of nitrogens with zero attached hydrogens (tertiary/aromatic N) is 2. The summed E-state index contributed by atoms with van der Waals surface area (Å²) in [5.41, 5.74) is 1.89. The SMILES string of the molecule is CCCN(C)C(=O)c1ccccc1N1CCNCC1. The van der Waals surface area contributed by atoms with Crippen LogP contribution in [0.2, 0.25) is 0 Å². The maximum atomic E-state index is 12.5. The highest BCUT2D eigenvalue weighted by Gasteiger charge is 2.19. The van der Waals surface area contributed by atoms with Crippen molar-refractivity contribution in [1.29, 1.82) is 0 Å². The maximum Gasteiger partial charge on any atom is 0.255 e.